The van der Waals surface area contributed by atoms with Crippen LogP contribution in [0.15, 0.2) is 0 Å². The number of rotatable bonds is 0. The maximum absolute atomic E-state index is 10.7. The molecule has 0 amide bonds. The molecule has 0 saturated carbocycles. The molecule has 1 aliphatic rings. The van der Waals surface area contributed by atoms with E-state index in [1.54, 1.807) is 0 Å². The van der Waals surface area contributed by atoms with Gasteiger partial charge in [0.2, 0.25) is 0 Å². The van der Waals surface area contributed by atoms with Crippen molar-refractivity contribution < 1.29 is 4.21 Å². The maximum atomic E-state index is 10.7. The lowest BCUT2D eigenvalue weighted by atomic mass is 10.2. The van der Waals surface area contributed by atoms with E-state index in [4.69, 9.17) is 5.73 Å². The van der Waals surface area contributed by atoms with Crippen LogP contribution in [-0.4, -0.2) is 21.8 Å². The van der Waals surface area contributed by atoms with E-state index in [0.717, 1.165) is 24.3 Å². The van der Waals surface area contributed by atoms with Crippen molar-refractivity contribution in [2.45, 2.75) is 18.9 Å². The summed E-state index contributed by atoms with van der Waals surface area (Å²) in [6.07, 6.45) is 2.11. The standard InChI is InChI=1S/C5H11NOS/c6-5-2-1-3-8(7)4-5/h5H,1-4,6H2/t5?,8-/m0/s1. The molecule has 0 aromatic carbocycles. The first-order chi connectivity index (χ1) is 3.79. The third kappa shape index (κ3) is 1.56. The summed E-state index contributed by atoms with van der Waals surface area (Å²) in [5, 5.41) is 0. The molecule has 0 spiro atoms. The van der Waals surface area contributed by atoms with E-state index >= 15 is 0 Å². The van der Waals surface area contributed by atoms with Crippen LogP contribution >= 0.6 is 0 Å². The van der Waals surface area contributed by atoms with Crippen LogP contribution < -0.4 is 5.73 Å². The van der Waals surface area contributed by atoms with Crippen molar-refractivity contribution in [3.05, 3.63) is 0 Å². The Morgan fingerprint density at radius 3 is 2.75 bits per heavy atom. The van der Waals surface area contributed by atoms with Gasteiger partial charge < -0.3 is 5.73 Å². The minimum atomic E-state index is -0.595. The first kappa shape index (κ1) is 6.23. The van der Waals surface area contributed by atoms with Gasteiger partial charge in [0.1, 0.15) is 0 Å². The minimum Gasteiger partial charge on any atom is -0.327 e. The van der Waals surface area contributed by atoms with Crippen molar-refractivity contribution in [2.75, 3.05) is 11.5 Å². The normalized spacial score (nSPS) is 39.6. The highest BCUT2D eigenvalue weighted by Crippen LogP contribution is 2.05. The van der Waals surface area contributed by atoms with Gasteiger partial charge in [-0.2, -0.15) is 0 Å². The second kappa shape index (κ2) is 2.60. The second-order valence-corrected chi connectivity index (χ2v) is 3.83. The molecule has 1 saturated heterocycles. The molecule has 0 bridgehead atoms. The van der Waals surface area contributed by atoms with E-state index in [-0.39, 0.29) is 6.04 Å². The monoisotopic (exact) mass is 133 g/mol. The highest BCUT2D eigenvalue weighted by atomic mass is 32.2. The van der Waals surface area contributed by atoms with E-state index in [9.17, 15) is 4.21 Å². The van der Waals surface area contributed by atoms with Crippen LogP contribution in [0.1, 0.15) is 12.8 Å². The van der Waals surface area contributed by atoms with E-state index in [0.29, 0.717) is 0 Å². The number of hydrogen-bond donors (Lipinski definition) is 1. The Bertz CT molecular complexity index is 105. The zero-order valence-corrected chi connectivity index (χ0v) is 5.62. The lowest BCUT2D eigenvalue weighted by Gasteiger charge is -2.15. The predicted octanol–water partition coefficient (Wildman–Crippen LogP) is -0.144. The summed E-state index contributed by atoms with van der Waals surface area (Å²) in [7, 11) is -0.595. The third-order valence-corrected chi connectivity index (χ3v) is 2.89. The van der Waals surface area contributed by atoms with Crippen molar-refractivity contribution in [2.24, 2.45) is 5.73 Å². The Hall–Kier alpha value is 0.110. The van der Waals surface area contributed by atoms with E-state index in [1.807, 2.05) is 0 Å². The van der Waals surface area contributed by atoms with E-state index in [2.05, 4.69) is 0 Å². The van der Waals surface area contributed by atoms with Gasteiger partial charge in [-0.05, 0) is 12.8 Å². The molecule has 0 aliphatic carbocycles. The van der Waals surface area contributed by atoms with Gasteiger partial charge in [-0.3, -0.25) is 4.21 Å². The molecule has 1 heterocycles. The average molecular weight is 133 g/mol. The average Bonchev–Trinajstić information content (AvgIpc) is 1.64. The summed E-state index contributed by atoms with van der Waals surface area (Å²) in [5.74, 6) is 1.59. The van der Waals surface area contributed by atoms with Crippen molar-refractivity contribution in [1.29, 1.82) is 0 Å². The van der Waals surface area contributed by atoms with Gasteiger partial charge in [-0.1, -0.05) is 0 Å². The Kier molecular flexibility index (Phi) is 2.02. The number of hydrogen-bond acceptors (Lipinski definition) is 2. The molecule has 0 aromatic heterocycles. The van der Waals surface area contributed by atoms with Crippen LogP contribution in [0.3, 0.4) is 0 Å². The third-order valence-electron chi connectivity index (χ3n) is 1.35. The Morgan fingerprint density at radius 1 is 1.62 bits per heavy atom. The zero-order valence-electron chi connectivity index (χ0n) is 4.80. The van der Waals surface area contributed by atoms with Crippen molar-refractivity contribution in [3.8, 4) is 0 Å². The molecule has 8 heavy (non-hydrogen) atoms. The quantitative estimate of drug-likeness (QED) is 0.499. The Labute approximate surface area is 51.9 Å². The summed E-state index contributed by atoms with van der Waals surface area (Å²) in [6, 6.07) is 0.213. The Morgan fingerprint density at radius 2 is 2.38 bits per heavy atom. The van der Waals surface area contributed by atoms with Gasteiger partial charge in [0.05, 0.1) is 0 Å². The zero-order chi connectivity index (χ0) is 5.98. The largest absolute Gasteiger partial charge is 0.327 e. The molecule has 1 unspecified atom stereocenters. The first-order valence-electron chi connectivity index (χ1n) is 2.89. The minimum absolute atomic E-state index is 0.213. The van der Waals surface area contributed by atoms with Crippen LogP contribution in [0.5, 0.6) is 0 Å². The van der Waals surface area contributed by atoms with Crippen LogP contribution in [0.2, 0.25) is 0 Å². The van der Waals surface area contributed by atoms with Crippen molar-refractivity contribution in [1.82, 2.24) is 0 Å². The van der Waals surface area contributed by atoms with Gasteiger partial charge in [0, 0.05) is 28.3 Å². The summed E-state index contributed by atoms with van der Waals surface area (Å²) < 4.78 is 10.7. The van der Waals surface area contributed by atoms with E-state index in [1.165, 1.54) is 0 Å². The molecular formula is C5H11NOS. The van der Waals surface area contributed by atoms with Crippen LogP contribution in [0.25, 0.3) is 0 Å². The SMILES string of the molecule is NC1CCC[S@](=O)C1. The summed E-state index contributed by atoms with van der Waals surface area (Å²) in [4.78, 5) is 0. The Balaban J connectivity index is 2.34. The molecule has 48 valence electrons. The van der Waals surface area contributed by atoms with Crippen LogP contribution in [0, 0.1) is 0 Å². The van der Waals surface area contributed by atoms with Gasteiger partial charge in [0.15, 0.2) is 0 Å². The second-order valence-electron chi connectivity index (χ2n) is 2.21. The summed E-state index contributed by atoms with van der Waals surface area (Å²) in [5.41, 5.74) is 5.53. The molecule has 0 aromatic rings. The van der Waals surface area contributed by atoms with Crippen molar-refractivity contribution >= 4 is 10.8 Å². The first-order valence-corrected chi connectivity index (χ1v) is 4.38. The molecule has 2 atom stereocenters. The fourth-order valence-corrected chi connectivity index (χ4v) is 2.21. The van der Waals surface area contributed by atoms with Crippen molar-refractivity contribution in [3.63, 3.8) is 0 Å². The highest BCUT2D eigenvalue weighted by Gasteiger charge is 2.13. The van der Waals surface area contributed by atoms with Crippen LogP contribution in [0.4, 0.5) is 0 Å². The van der Waals surface area contributed by atoms with Gasteiger partial charge in [-0.15, -0.1) is 0 Å². The predicted molar refractivity (Wildman–Crippen MR) is 35.1 cm³/mol. The maximum Gasteiger partial charge on any atom is 0.0386 e. The molecule has 3 heteroatoms. The smallest absolute Gasteiger partial charge is 0.0386 e. The van der Waals surface area contributed by atoms with Crippen LogP contribution in [-0.2, 0) is 10.8 Å². The fraction of sp³-hybridized carbons (Fsp3) is 1.00. The topological polar surface area (TPSA) is 43.1 Å². The summed E-state index contributed by atoms with van der Waals surface area (Å²) in [6.45, 7) is 0. The lowest BCUT2D eigenvalue weighted by molar-refractivity contribution is 0.611. The summed E-state index contributed by atoms with van der Waals surface area (Å²) >= 11 is 0. The highest BCUT2D eigenvalue weighted by molar-refractivity contribution is 7.85. The van der Waals surface area contributed by atoms with Gasteiger partial charge in [0.25, 0.3) is 0 Å². The molecule has 2 N–H and O–H groups in total. The molecule has 2 nitrogen and oxygen atoms in total. The molecule has 1 aliphatic heterocycles. The molecule has 1 fully saturated rings. The molecule has 0 radical (unpaired) electrons. The number of nitrogens with two attached hydrogens (primary N) is 1. The van der Waals surface area contributed by atoms with Gasteiger partial charge in [-0.25, -0.2) is 0 Å². The van der Waals surface area contributed by atoms with E-state index < -0.39 is 10.8 Å². The lowest BCUT2D eigenvalue weighted by Crippen LogP contribution is -2.32. The van der Waals surface area contributed by atoms with Gasteiger partial charge >= 0.3 is 0 Å². The fourth-order valence-electron chi connectivity index (χ4n) is 0.912. The molecule has 1 rings (SSSR count). The molecular weight excluding hydrogens is 122 g/mol.